The van der Waals surface area contributed by atoms with Crippen molar-refractivity contribution in [2.75, 3.05) is 19.6 Å². The molecule has 102 valence electrons. The Bertz CT molecular complexity index is 334. The minimum absolute atomic E-state index is 0.0348. The molecule has 1 rings (SSSR count). The Balaban J connectivity index is 2.31. The summed E-state index contributed by atoms with van der Waals surface area (Å²) < 4.78 is 0. The fraction of sp³-hybridized carbons (Fsp3) is 0.700. The van der Waals surface area contributed by atoms with Crippen molar-refractivity contribution < 1.29 is 19.5 Å². The largest absolute Gasteiger partial charge is 0.481 e. The molecule has 1 aliphatic heterocycles. The number of likely N-dealkylation sites (tertiary alicyclic amines) is 1. The van der Waals surface area contributed by atoms with E-state index in [9.17, 15) is 14.4 Å². The van der Waals surface area contributed by atoms with Gasteiger partial charge < -0.3 is 26.4 Å². The molecule has 5 N–H and O–H groups in total. The number of nitrogens with one attached hydrogen (secondary N) is 2. The zero-order chi connectivity index (χ0) is 13.5. The number of urea groups is 2. The van der Waals surface area contributed by atoms with Crippen LogP contribution in [0.4, 0.5) is 9.59 Å². The highest BCUT2D eigenvalue weighted by Gasteiger charge is 2.29. The highest BCUT2D eigenvalue weighted by molar-refractivity contribution is 5.76. The number of aliphatic carboxylic acids is 1. The summed E-state index contributed by atoms with van der Waals surface area (Å²) in [5.41, 5.74) is 4.87. The van der Waals surface area contributed by atoms with Gasteiger partial charge in [0.15, 0.2) is 0 Å². The van der Waals surface area contributed by atoms with Crippen LogP contribution in [0.3, 0.4) is 0 Å². The summed E-state index contributed by atoms with van der Waals surface area (Å²) >= 11 is 0. The first-order chi connectivity index (χ1) is 8.50. The van der Waals surface area contributed by atoms with Crippen LogP contribution in [0.2, 0.25) is 0 Å². The molecule has 8 nitrogen and oxygen atoms in total. The van der Waals surface area contributed by atoms with Crippen LogP contribution < -0.4 is 16.4 Å². The first-order valence-electron chi connectivity index (χ1n) is 5.80. The van der Waals surface area contributed by atoms with Crippen molar-refractivity contribution in [3.8, 4) is 0 Å². The van der Waals surface area contributed by atoms with E-state index < -0.39 is 12.0 Å². The Morgan fingerprint density at radius 3 is 2.56 bits per heavy atom. The van der Waals surface area contributed by atoms with Gasteiger partial charge in [-0.25, -0.2) is 9.59 Å². The van der Waals surface area contributed by atoms with Crippen molar-refractivity contribution >= 4 is 18.0 Å². The molecule has 1 atom stereocenters. The molecule has 0 radical (unpaired) electrons. The first-order valence-corrected chi connectivity index (χ1v) is 5.80. The van der Waals surface area contributed by atoms with Crippen molar-refractivity contribution in [1.82, 2.24) is 15.5 Å². The molecule has 0 bridgehead atoms. The molecule has 1 saturated heterocycles. The third-order valence-electron chi connectivity index (χ3n) is 2.75. The van der Waals surface area contributed by atoms with Crippen molar-refractivity contribution in [2.45, 2.75) is 25.3 Å². The summed E-state index contributed by atoms with van der Waals surface area (Å²) in [5, 5.41) is 13.7. The number of carboxylic acids is 1. The fourth-order valence-corrected chi connectivity index (χ4v) is 1.97. The molecule has 0 saturated carbocycles. The van der Waals surface area contributed by atoms with Crippen LogP contribution in [0.25, 0.3) is 0 Å². The molecule has 0 spiro atoms. The maximum atomic E-state index is 11.8. The van der Waals surface area contributed by atoms with Crippen LogP contribution in [0, 0.1) is 0 Å². The maximum Gasteiger partial charge on any atom is 0.317 e. The van der Waals surface area contributed by atoms with E-state index in [-0.39, 0.29) is 31.6 Å². The van der Waals surface area contributed by atoms with E-state index in [4.69, 9.17) is 10.8 Å². The summed E-state index contributed by atoms with van der Waals surface area (Å²) in [6, 6.07) is -1.19. The van der Waals surface area contributed by atoms with Gasteiger partial charge in [-0.3, -0.25) is 4.79 Å². The lowest BCUT2D eigenvalue weighted by Crippen LogP contribution is -2.46. The zero-order valence-corrected chi connectivity index (χ0v) is 10.0. The van der Waals surface area contributed by atoms with Crippen LogP contribution in [0.5, 0.6) is 0 Å². The minimum Gasteiger partial charge on any atom is -0.481 e. The van der Waals surface area contributed by atoms with Gasteiger partial charge in [-0.05, 0) is 12.8 Å². The summed E-state index contributed by atoms with van der Waals surface area (Å²) in [6.07, 6.45) is 1.48. The van der Waals surface area contributed by atoms with Crippen molar-refractivity contribution in [3.63, 3.8) is 0 Å². The van der Waals surface area contributed by atoms with E-state index in [1.807, 2.05) is 0 Å². The van der Waals surface area contributed by atoms with Gasteiger partial charge in [-0.15, -0.1) is 0 Å². The second-order valence-electron chi connectivity index (χ2n) is 4.11. The average Bonchev–Trinajstić information content (AvgIpc) is 2.71. The lowest BCUT2D eigenvalue weighted by atomic mass is 10.1. The van der Waals surface area contributed by atoms with E-state index >= 15 is 0 Å². The molecule has 0 aromatic carbocycles. The van der Waals surface area contributed by atoms with Gasteiger partial charge in [0.05, 0.1) is 6.42 Å². The number of rotatable bonds is 5. The summed E-state index contributed by atoms with van der Waals surface area (Å²) in [4.78, 5) is 34.3. The molecule has 1 heterocycles. The number of nitrogens with two attached hydrogens (primary N) is 1. The quantitative estimate of drug-likeness (QED) is 0.487. The van der Waals surface area contributed by atoms with Crippen LogP contribution in [-0.4, -0.2) is 53.7 Å². The molecule has 1 fully saturated rings. The number of carbonyl (C=O) groups excluding carboxylic acids is 2. The summed E-state index contributed by atoms with van der Waals surface area (Å²) in [7, 11) is 0. The molecular weight excluding hydrogens is 240 g/mol. The van der Waals surface area contributed by atoms with Gasteiger partial charge in [-0.2, -0.15) is 0 Å². The van der Waals surface area contributed by atoms with Gasteiger partial charge in [-0.1, -0.05) is 0 Å². The van der Waals surface area contributed by atoms with E-state index in [0.29, 0.717) is 13.0 Å². The predicted octanol–water partition coefficient (Wildman–Crippen LogP) is -0.697. The van der Waals surface area contributed by atoms with E-state index in [1.165, 1.54) is 4.90 Å². The minimum atomic E-state index is -0.907. The Morgan fingerprint density at radius 2 is 1.94 bits per heavy atom. The Kier molecular flexibility index (Phi) is 5.22. The molecule has 4 amide bonds. The number of primary amides is 1. The number of carboxylic acid groups (broad SMARTS) is 1. The highest BCUT2D eigenvalue weighted by Crippen LogP contribution is 2.19. The normalized spacial score (nSPS) is 18.4. The maximum absolute atomic E-state index is 11.8. The van der Waals surface area contributed by atoms with Gasteiger partial charge in [0.25, 0.3) is 0 Å². The number of nitrogens with zero attached hydrogens (tertiary/aromatic N) is 1. The number of carbonyl (C=O) groups is 3. The van der Waals surface area contributed by atoms with E-state index in [0.717, 1.165) is 6.42 Å². The Hall–Kier alpha value is -1.99. The summed E-state index contributed by atoms with van der Waals surface area (Å²) in [6.45, 7) is 1.07. The first kappa shape index (κ1) is 14.1. The second-order valence-corrected chi connectivity index (χ2v) is 4.11. The molecular formula is C10H18N4O4. The molecule has 0 aromatic heterocycles. The number of hydrogen-bond acceptors (Lipinski definition) is 3. The van der Waals surface area contributed by atoms with E-state index in [2.05, 4.69) is 10.6 Å². The monoisotopic (exact) mass is 258 g/mol. The standard InChI is InChI=1S/C10H18N4O4/c11-9(17)12-3-4-13-10(18)14-5-1-2-7(14)6-8(15)16/h7H,1-6H2,(H,13,18)(H,15,16)(H3,11,12,17). The molecule has 1 unspecified atom stereocenters. The molecule has 1 aliphatic rings. The van der Waals surface area contributed by atoms with Gasteiger partial charge in [0.2, 0.25) is 0 Å². The lowest BCUT2D eigenvalue weighted by molar-refractivity contribution is -0.137. The topological polar surface area (TPSA) is 125 Å². The average molecular weight is 258 g/mol. The lowest BCUT2D eigenvalue weighted by Gasteiger charge is -2.23. The van der Waals surface area contributed by atoms with Crippen LogP contribution in [0.15, 0.2) is 0 Å². The molecule has 8 heteroatoms. The van der Waals surface area contributed by atoms with Gasteiger partial charge in [0.1, 0.15) is 0 Å². The van der Waals surface area contributed by atoms with Crippen molar-refractivity contribution in [2.24, 2.45) is 5.73 Å². The number of amides is 4. The van der Waals surface area contributed by atoms with Crippen LogP contribution in [-0.2, 0) is 4.79 Å². The Labute approximate surface area is 104 Å². The predicted molar refractivity (Wildman–Crippen MR) is 63.0 cm³/mol. The fourth-order valence-electron chi connectivity index (χ4n) is 1.97. The third-order valence-corrected chi connectivity index (χ3v) is 2.75. The van der Waals surface area contributed by atoms with Crippen LogP contribution in [0.1, 0.15) is 19.3 Å². The van der Waals surface area contributed by atoms with E-state index in [1.54, 1.807) is 0 Å². The molecule has 0 aliphatic carbocycles. The smallest absolute Gasteiger partial charge is 0.317 e. The second kappa shape index (κ2) is 6.67. The van der Waals surface area contributed by atoms with Gasteiger partial charge >= 0.3 is 18.0 Å². The molecule has 18 heavy (non-hydrogen) atoms. The van der Waals surface area contributed by atoms with Gasteiger partial charge in [0, 0.05) is 25.7 Å². The number of hydrogen-bond donors (Lipinski definition) is 4. The Morgan fingerprint density at radius 1 is 1.28 bits per heavy atom. The van der Waals surface area contributed by atoms with Crippen LogP contribution >= 0.6 is 0 Å². The van der Waals surface area contributed by atoms with Crippen molar-refractivity contribution in [3.05, 3.63) is 0 Å². The SMILES string of the molecule is NC(=O)NCCNC(=O)N1CCCC1CC(=O)O. The zero-order valence-electron chi connectivity index (χ0n) is 10.0. The highest BCUT2D eigenvalue weighted by atomic mass is 16.4. The third kappa shape index (κ3) is 4.48. The summed E-state index contributed by atoms with van der Waals surface area (Å²) in [5.74, 6) is -0.907. The molecule has 0 aromatic rings. The van der Waals surface area contributed by atoms with Crippen molar-refractivity contribution in [1.29, 1.82) is 0 Å².